The van der Waals surface area contributed by atoms with E-state index < -0.39 is 0 Å². The molecule has 134 valence electrons. The summed E-state index contributed by atoms with van der Waals surface area (Å²) >= 11 is 6.31. The molecule has 1 atom stereocenters. The van der Waals surface area contributed by atoms with Gasteiger partial charge in [0.25, 0.3) is 0 Å². The van der Waals surface area contributed by atoms with Crippen molar-refractivity contribution >= 4 is 11.6 Å². The summed E-state index contributed by atoms with van der Waals surface area (Å²) in [5.41, 5.74) is 3.91. The molecule has 26 heavy (non-hydrogen) atoms. The molecule has 1 aromatic carbocycles. The number of methoxy groups -OCH3 is 1. The maximum atomic E-state index is 9.26. The average molecular weight is 367 g/mol. The zero-order chi connectivity index (χ0) is 18.1. The highest BCUT2D eigenvalue weighted by Crippen LogP contribution is 2.55. The van der Waals surface area contributed by atoms with Crippen LogP contribution in [0.25, 0.3) is 0 Å². The highest BCUT2D eigenvalue weighted by atomic mass is 35.5. The van der Waals surface area contributed by atoms with E-state index in [9.17, 15) is 5.26 Å². The molecule has 1 saturated carbocycles. The maximum absolute atomic E-state index is 9.26. The first-order valence-electron chi connectivity index (χ1n) is 9.32. The molecule has 3 nitrogen and oxygen atoms in total. The molecule has 2 aromatic rings. The predicted octanol–water partition coefficient (Wildman–Crippen LogP) is 5.43. The van der Waals surface area contributed by atoms with Crippen LogP contribution in [0.15, 0.2) is 36.5 Å². The zero-order valence-electron chi connectivity index (χ0n) is 15.0. The number of benzene rings is 1. The lowest BCUT2D eigenvalue weighted by Gasteiger charge is -2.46. The number of fused-ring (bicyclic) bond motifs is 2. The van der Waals surface area contributed by atoms with Gasteiger partial charge in [-0.1, -0.05) is 30.2 Å². The van der Waals surface area contributed by atoms with E-state index in [0.717, 1.165) is 37.9 Å². The van der Waals surface area contributed by atoms with Crippen molar-refractivity contribution in [3.8, 4) is 11.8 Å². The van der Waals surface area contributed by atoms with Gasteiger partial charge in [0.2, 0.25) is 0 Å². The minimum absolute atomic E-state index is 0.113. The number of hydrogen-bond acceptors (Lipinski definition) is 3. The summed E-state index contributed by atoms with van der Waals surface area (Å²) in [7, 11) is 1.69. The molecule has 4 rings (SSSR count). The Kier molecular flexibility index (Phi) is 4.63. The number of ether oxygens (including phenoxy) is 1. The lowest BCUT2D eigenvalue weighted by atomic mass is 9.57. The first kappa shape index (κ1) is 17.4. The third-order valence-corrected chi connectivity index (χ3v) is 6.36. The standard InChI is InChI=1S/C22H23ClN2O/c1-26-19-6-4-15(5-7-19)9-17-3-2-8-22(11-16(12-22)13-24)20-10-18(23)14-25-21(17)20/h4-7,10,14,16-17H,2-3,8-9,11-12H2,1H3/t16-,17?,22-. The fraction of sp³-hybridized carbons (Fsp3) is 0.455. The Bertz CT molecular complexity index is 834. The normalized spacial score (nSPS) is 27.1. The highest BCUT2D eigenvalue weighted by molar-refractivity contribution is 6.30. The zero-order valence-corrected chi connectivity index (χ0v) is 15.8. The number of nitrogens with zero attached hydrogens (tertiary/aromatic N) is 2. The number of aromatic nitrogens is 1. The van der Waals surface area contributed by atoms with Crippen LogP contribution in [0.2, 0.25) is 5.02 Å². The van der Waals surface area contributed by atoms with E-state index in [1.165, 1.54) is 23.2 Å². The Hall–Kier alpha value is -2.05. The Morgan fingerprint density at radius 1 is 1.31 bits per heavy atom. The van der Waals surface area contributed by atoms with Crippen LogP contribution in [-0.2, 0) is 11.8 Å². The molecule has 4 heteroatoms. The van der Waals surface area contributed by atoms with Crippen molar-refractivity contribution in [2.45, 2.75) is 49.9 Å². The molecule has 0 radical (unpaired) electrons. The summed E-state index contributed by atoms with van der Waals surface area (Å²) in [4.78, 5) is 4.78. The Balaban J connectivity index is 1.66. The fourth-order valence-corrected chi connectivity index (χ4v) is 4.96. The molecule has 1 fully saturated rings. The van der Waals surface area contributed by atoms with Gasteiger partial charge in [-0.05, 0) is 66.8 Å². The number of nitriles is 1. The van der Waals surface area contributed by atoms with Gasteiger partial charge in [-0.3, -0.25) is 4.98 Å². The van der Waals surface area contributed by atoms with Gasteiger partial charge < -0.3 is 4.74 Å². The van der Waals surface area contributed by atoms with E-state index in [1.54, 1.807) is 13.3 Å². The topological polar surface area (TPSA) is 45.9 Å². The molecule has 0 amide bonds. The fourth-order valence-electron chi connectivity index (χ4n) is 4.80. The van der Waals surface area contributed by atoms with Gasteiger partial charge >= 0.3 is 0 Å². The van der Waals surface area contributed by atoms with Gasteiger partial charge in [0.15, 0.2) is 0 Å². The van der Waals surface area contributed by atoms with Crippen LogP contribution in [0.4, 0.5) is 0 Å². The van der Waals surface area contributed by atoms with E-state index in [0.29, 0.717) is 10.9 Å². The highest BCUT2D eigenvalue weighted by Gasteiger charge is 2.48. The van der Waals surface area contributed by atoms with Crippen LogP contribution in [0, 0.1) is 17.2 Å². The minimum atomic E-state index is 0.113. The summed E-state index contributed by atoms with van der Waals surface area (Å²) in [6.45, 7) is 0. The molecule has 0 aliphatic heterocycles. The van der Waals surface area contributed by atoms with Gasteiger partial charge in [-0.15, -0.1) is 0 Å². The molecule has 1 aromatic heterocycles. The second-order valence-electron chi connectivity index (χ2n) is 7.74. The van der Waals surface area contributed by atoms with Gasteiger partial charge in [-0.2, -0.15) is 5.26 Å². The summed E-state index contributed by atoms with van der Waals surface area (Å²) in [5.74, 6) is 1.46. The van der Waals surface area contributed by atoms with Crippen molar-refractivity contribution in [2.24, 2.45) is 5.92 Å². The predicted molar refractivity (Wildman–Crippen MR) is 103 cm³/mol. The quantitative estimate of drug-likeness (QED) is 0.728. The second kappa shape index (κ2) is 6.93. The number of rotatable bonds is 3. The molecule has 1 unspecified atom stereocenters. The summed E-state index contributed by atoms with van der Waals surface area (Å²) in [6, 6.07) is 12.9. The Labute approximate surface area is 160 Å². The second-order valence-corrected chi connectivity index (χ2v) is 8.18. The molecule has 0 bridgehead atoms. The maximum Gasteiger partial charge on any atom is 0.118 e. The smallest absolute Gasteiger partial charge is 0.118 e. The summed E-state index contributed by atoms with van der Waals surface area (Å²) < 4.78 is 5.27. The van der Waals surface area contributed by atoms with E-state index in [4.69, 9.17) is 21.3 Å². The van der Waals surface area contributed by atoms with E-state index in [-0.39, 0.29) is 11.3 Å². The number of halogens is 1. The molecule has 2 aliphatic rings. The van der Waals surface area contributed by atoms with Crippen LogP contribution in [0.5, 0.6) is 5.75 Å². The lowest BCUT2D eigenvalue weighted by molar-refractivity contribution is 0.169. The molecule has 2 aliphatic carbocycles. The number of pyridine rings is 1. The average Bonchev–Trinajstić information content (AvgIpc) is 2.78. The van der Waals surface area contributed by atoms with Gasteiger partial charge in [0.05, 0.1) is 18.2 Å². The van der Waals surface area contributed by atoms with Gasteiger partial charge in [0, 0.05) is 23.7 Å². The molecular formula is C22H23ClN2O. The van der Waals surface area contributed by atoms with Crippen LogP contribution in [0.3, 0.4) is 0 Å². The van der Waals surface area contributed by atoms with Gasteiger partial charge in [-0.25, -0.2) is 0 Å². The SMILES string of the molecule is COc1ccc(CC2CCC[C@]3(C[C@@H](C#N)C3)c3cc(Cl)cnc32)cc1. The monoisotopic (exact) mass is 366 g/mol. The van der Waals surface area contributed by atoms with Crippen molar-refractivity contribution in [3.05, 3.63) is 58.4 Å². The molecule has 0 N–H and O–H groups in total. The largest absolute Gasteiger partial charge is 0.497 e. The summed E-state index contributed by atoms with van der Waals surface area (Å²) in [5, 5.41) is 9.96. The van der Waals surface area contributed by atoms with Crippen molar-refractivity contribution < 1.29 is 4.74 Å². The van der Waals surface area contributed by atoms with E-state index in [1.807, 2.05) is 12.1 Å². The van der Waals surface area contributed by atoms with Gasteiger partial charge in [0.1, 0.15) is 5.75 Å². The molecular weight excluding hydrogens is 344 g/mol. The summed E-state index contributed by atoms with van der Waals surface area (Å²) in [6.07, 6.45) is 8.10. The molecule has 1 heterocycles. The first-order valence-corrected chi connectivity index (χ1v) is 9.70. The minimum Gasteiger partial charge on any atom is -0.497 e. The number of hydrogen-bond donors (Lipinski definition) is 0. The third-order valence-electron chi connectivity index (χ3n) is 6.15. The molecule has 0 saturated heterocycles. The van der Waals surface area contributed by atoms with E-state index in [2.05, 4.69) is 24.3 Å². The van der Waals surface area contributed by atoms with Crippen LogP contribution < -0.4 is 4.74 Å². The van der Waals surface area contributed by atoms with Crippen LogP contribution >= 0.6 is 11.6 Å². The van der Waals surface area contributed by atoms with Crippen molar-refractivity contribution in [1.82, 2.24) is 4.98 Å². The van der Waals surface area contributed by atoms with E-state index >= 15 is 0 Å². The Morgan fingerprint density at radius 3 is 2.77 bits per heavy atom. The van der Waals surface area contributed by atoms with Crippen LogP contribution in [0.1, 0.15) is 54.8 Å². The molecule has 1 spiro atoms. The third kappa shape index (κ3) is 3.08. The van der Waals surface area contributed by atoms with Crippen molar-refractivity contribution in [3.63, 3.8) is 0 Å². The Morgan fingerprint density at radius 2 is 2.08 bits per heavy atom. The van der Waals surface area contributed by atoms with Crippen LogP contribution in [-0.4, -0.2) is 12.1 Å². The van der Waals surface area contributed by atoms with Crippen molar-refractivity contribution in [2.75, 3.05) is 7.11 Å². The van der Waals surface area contributed by atoms with Crippen molar-refractivity contribution in [1.29, 1.82) is 5.26 Å². The lowest BCUT2D eigenvalue weighted by Crippen LogP contribution is -2.41. The first-order chi connectivity index (χ1) is 12.6.